The second-order valence-electron chi connectivity index (χ2n) is 8.29. The number of carbonyl (C=O) groups excluding carboxylic acids is 1. The lowest BCUT2D eigenvalue weighted by molar-refractivity contribution is 0.0514. The summed E-state index contributed by atoms with van der Waals surface area (Å²) in [5.74, 6) is 0.495. The van der Waals surface area contributed by atoms with Crippen molar-refractivity contribution >= 4 is 27.6 Å². The van der Waals surface area contributed by atoms with Crippen LogP contribution in [0.5, 0.6) is 5.75 Å². The van der Waals surface area contributed by atoms with E-state index in [0.29, 0.717) is 25.5 Å². The van der Waals surface area contributed by atoms with Crippen LogP contribution in [0.2, 0.25) is 0 Å². The van der Waals surface area contributed by atoms with Crippen LogP contribution in [0.25, 0.3) is 32.8 Å². The Morgan fingerprint density at radius 2 is 1.59 bits per heavy atom. The van der Waals surface area contributed by atoms with Crippen molar-refractivity contribution in [1.29, 1.82) is 0 Å². The van der Waals surface area contributed by atoms with Gasteiger partial charge in [-0.05, 0) is 53.9 Å². The quantitative estimate of drug-likeness (QED) is 0.251. The van der Waals surface area contributed by atoms with Gasteiger partial charge >= 0.3 is 5.97 Å². The summed E-state index contributed by atoms with van der Waals surface area (Å²) >= 11 is 0. The number of hydrogen-bond donors (Lipinski definition) is 0. The highest BCUT2D eigenvalue weighted by Crippen LogP contribution is 2.37. The molecule has 0 saturated heterocycles. The maximum atomic E-state index is 13.2. The van der Waals surface area contributed by atoms with Crippen molar-refractivity contribution in [2.24, 2.45) is 0 Å². The van der Waals surface area contributed by atoms with Gasteiger partial charge in [-0.25, -0.2) is 4.79 Å². The summed E-state index contributed by atoms with van der Waals surface area (Å²) in [5.41, 5.74) is 4.63. The van der Waals surface area contributed by atoms with Gasteiger partial charge in [-0.15, -0.1) is 0 Å². The van der Waals surface area contributed by atoms with Gasteiger partial charge in [0.1, 0.15) is 18.1 Å². The highest BCUT2D eigenvalue weighted by Gasteiger charge is 2.25. The van der Waals surface area contributed by atoms with E-state index < -0.39 is 0 Å². The van der Waals surface area contributed by atoms with Crippen LogP contribution < -0.4 is 4.74 Å². The minimum atomic E-state index is -0.317. The topological polar surface area (TPSA) is 40.5 Å². The lowest BCUT2D eigenvalue weighted by atomic mass is 9.97. The molecule has 0 bridgehead atoms. The Kier molecular flexibility index (Phi) is 6.05. The minimum Gasteiger partial charge on any atom is -0.492 e. The van der Waals surface area contributed by atoms with Crippen LogP contribution >= 0.6 is 0 Å². The molecule has 0 amide bonds. The molecule has 1 aromatic heterocycles. The Bertz CT molecular complexity index is 1480. The lowest BCUT2D eigenvalue weighted by Gasteiger charge is -2.13. The molecule has 0 spiro atoms. The Hall–Kier alpha value is -4.05. The van der Waals surface area contributed by atoms with E-state index in [9.17, 15) is 4.79 Å². The van der Waals surface area contributed by atoms with Crippen molar-refractivity contribution < 1.29 is 14.3 Å². The first-order chi connectivity index (χ1) is 16.7. The van der Waals surface area contributed by atoms with Crippen LogP contribution in [0.3, 0.4) is 0 Å². The van der Waals surface area contributed by atoms with Crippen molar-refractivity contribution in [3.63, 3.8) is 0 Å². The number of fused-ring (bicyclic) bond motifs is 2. The molecule has 0 aliphatic rings. The molecule has 5 rings (SSSR count). The van der Waals surface area contributed by atoms with Crippen LogP contribution in [-0.2, 0) is 11.3 Å². The highest BCUT2D eigenvalue weighted by atomic mass is 16.5. The summed E-state index contributed by atoms with van der Waals surface area (Å²) in [4.78, 5) is 13.2. The predicted octanol–water partition coefficient (Wildman–Crippen LogP) is 7.03. The fourth-order valence-corrected chi connectivity index (χ4v) is 4.59. The number of rotatable bonds is 7. The summed E-state index contributed by atoms with van der Waals surface area (Å²) in [6.45, 7) is 5.17. The van der Waals surface area contributed by atoms with E-state index >= 15 is 0 Å². The predicted molar refractivity (Wildman–Crippen MR) is 138 cm³/mol. The maximum absolute atomic E-state index is 13.2. The summed E-state index contributed by atoms with van der Waals surface area (Å²) in [7, 11) is 0. The Balaban J connectivity index is 1.55. The van der Waals surface area contributed by atoms with E-state index in [2.05, 4.69) is 49.4 Å². The number of carbonyl (C=O) groups is 1. The lowest BCUT2D eigenvalue weighted by Crippen LogP contribution is -2.16. The molecule has 0 aliphatic heterocycles. The number of para-hydroxylation sites is 1. The molecule has 0 N–H and O–H groups in total. The maximum Gasteiger partial charge on any atom is 0.355 e. The van der Waals surface area contributed by atoms with Gasteiger partial charge in [0.05, 0.1) is 13.2 Å². The Morgan fingerprint density at radius 3 is 2.41 bits per heavy atom. The SMILES string of the molecule is CCOC(=O)c1c(-c2ccccc2C)c2ccccc2n1CCOc1ccc2ccccc2c1. The van der Waals surface area contributed by atoms with E-state index in [4.69, 9.17) is 9.47 Å². The smallest absolute Gasteiger partial charge is 0.355 e. The first-order valence-electron chi connectivity index (χ1n) is 11.6. The molecule has 0 saturated carbocycles. The van der Waals surface area contributed by atoms with Crippen molar-refractivity contribution in [1.82, 2.24) is 4.57 Å². The summed E-state index contributed by atoms with van der Waals surface area (Å²) in [6.07, 6.45) is 0. The number of aromatic nitrogens is 1. The standard InChI is InChI=1S/C30H27NO3/c1-3-33-30(32)29-28(25-13-7-4-10-21(25)2)26-14-8-9-15-27(26)31(29)18-19-34-24-17-16-22-11-5-6-12-23(22)20-24/h4-17,20H,3,18-19H2,1-2H3. The molecular weight excluding hydrogens is 422 g/mol. The summed E-state index contributed by atoms with van der Waals surface area (Å²) in [6, 6.07) is 30.6. The molecule has 0 fully saturated rings. The van der Waals surface area contributed by atoms with Gasteiger partial charge in [0.25, 0.3) is 0 Å². The van der Waals surface area contributed by atoms with Crippen LogP contribution in [0.4, 0.5) is 0 Å². The Labute approximate surface area is 199 Å². The fourth-order valence-electron chi connectivity index (χ4n) is 4.59. The van der Waals surface area contributed by atoms with Crippen molar-refractivity contribution in [2.45, 2.75) is 20.4 Å². The number of esters is 1. The average molecular weight is 450 g/mol. The van der Waals surface area contributed by atoms with E-state index in [0.717, 1.165) is 38.7 Å². The molecule has 4 aromatic carbocycles. The normalized spacial score (nSPS) is 11.1. The number of benzene rings is 4. The van der Waals surface area contributed by atoms with E-state index in [-0.39, 0.29) is 5.97 Å². The largest absolute Gasteiger partial charge is 0.492 e. The molecular formula is C30H27NO3. The number of ether oxygens (including phenoxy) is 2. The van der Waals surface area contributed by atoms with E-state index in [1.807, 2.05) is 60.0 Å². The molecule has 5 aromatic rings. The van der Waals surface area contributed by atoms with E-state index in [1.165, 1.54) is 5.39 Å². The number of nitrogens with zero attached hydrogens (tertiary/aromatic N) is 1. The molecule has 1 heterocycles. The zero-order valence-electron chi connectivity index (χ0n) is 19.5. The molecule has 34 heavy (non-hydrogen) atoms. The summed E-state index contributed by atoms with van der Waals surface area (Å²) in [5, 5.41) is 3.35. The van der Waals surface area contributed by atoms with Gasteiger partial charge in [0, 0.05) is 16.5 Å². The third-order valence-electron chi connectivity index (χ3n) is 6.16. The van der Waals surface area contributed by atoms with Gasteiger partial charge in [-0.3, -0.25) is 0 Å². The summed E-state index contributed by atoms with van der Waals surface area (Å²) < 4.78 is 13.7. The zero-order valence-corrected chi connectivity index (χ0v) is 19.5. The van der Waals surface area contributed by atoms with Gasteiger partial charge < -0.3 is 14.0 Å². The average Bonchev–Trinajstić information content (AvgIpc) is 3.19. The fraction of sp³-hybridized carbons (Fsp3) is 0.167. The molecule has 4 heteroatoms. The Morgan fingerprint density at radius 1 is 0.853 bits per heavy atom. The zero-order chi connectivity index (χ0) is 23.5. The van der Waals surface area contributed by atoms with Crippen LogP contribution in [0.15, 0.2) is 91.0 Å². The molecule has 170 valence electrons. The van der Waals surface area contributed by atoms with Crippen LogP contribution in [0.1, 0.15) is 23.0 Å². The third kappa shape index (κ3) is 4.03. The van der Waals surface area contributed by atoms with E-state index in [1.54, 1.807) is 0 Å². The first-order valence-corrected chi connectivity index (χ1v) is 11.6. The molecule has 0 aliphatic carbocycles. The van der Waals surface area contributed by atoms with Crippen LogP contribution in [-0.4, -0.2) is 23.8 Å². The van der Waals surface area contributed by atoms with Gasteiger partial charge in [0.2, 0.25) is 0 Å². The monoisotopic (exact) mass is 449 g/mol. The second-order valence-corrected chi connectivity index (χ2v) is 8.29. The minimum absolute atomic E-state index is 0.317. The highest BCUT2D eigenvalue weighted by molar-refractivity contribution is 6.09. The number of hydrogen-bond acceptors (Lipinski definition) is 3. The third-order valence-corrected chi connectivity index (χ3v) is 6.16. The van der Waals surface area contributed by atoms with Crippen molar-refractivity contribution in [3.8, 4) is 16.9 Å². The first kappa shape index (κ1) is 21.8. The van der Waals surface area contributed by atoms with Gasteiger partial charge in [-0.2, -0.15) is 0 Å². The van der Waals surface area contributed by atoms with Crippen molar-refractivity contribution in [3.05, 3.63) is 102 Å². The second kappa shape index (κ2) is 9.44. The number of aryl methyl sites for hydroxylation is 1. The molecule has 4 nitrogen and oxygen atoms in total. The molecule has 0 radical (unpaired) electrons. The molecule has 0 unspecified atom stereocenters. The van der Waals surface area contributed by atoms with Crippen molar-refractivity contribution in [2.75, 3.05) is 13.2 Å². The van der Waals surface area contributed by atoms with Gasteiger partial charge in [0.15, 0.2) is 0 Å². The molecule has 0 atom stereocenters. The van der Waals surface area contributed by atoms with Gasteiger partial charge in [-0.1, -0.05) is 72.8 Å². The van der Waals surface area contributed by atoms with Crippen LogP contribution in [0, 0.1) is 6.92 Å².